The SMILES string of the molecule is Cn1cnnc1C1CCN(C(=O)c2cc3c(F)cccc3s2)CC1. The Balaban J connectivity index is 1.49. The number of fused-ring (bicyclic) bond motifs is 1. The zero-order valence-electron chi connectivity index (χ0n) is 13.3. The molecular formula is C17H17FN4OS. The number of amides is 1. The fraction of sp³-hybridized carbons (Fsp3) is 0.353. The first-order chi connectivity index (χ1) is 11.6. The number of aromatic nitrogens is 3. The average molecular weight is 344 g/mol. The monoisotopic (exact) mass is 344 g/mol. The zero-order chi connectivity index (χ0) is 16.7. The largest absolute Gasteiger partial charge is 0.338 e. The van der Waals surface area contributed by atoms with E-state index in [1.165, 1.54) is 17.4 Å². The van der Waals surface area contributed by atoms with Gasteiger partial charge in [-0.15, -0.1) is 21.5 Å². The number of hydrogen-bond donors (Lipinski definition) is 0. The first-order valence-electron chi connectivity index (χ1n) is 7.94. The van der Waals surface area contributed by atoms with E-state index in [1.807, 2.05) is 22.6 Å². The van der Waals surface area contributed by atoms with Gasteiger partial charge < -0.3 is 9.47 Å². The highest BCUT2D eigenvalue weighted by Gasteiger charge is 2.27. The molecule has 24 heavy (non-hydrogen) atoms. The number of thiophene rings is 1. The van der Waals surface area contributed by atoms with Crippen LogP contribution in [0.1, 0.15) is 34.3 Å². The summed E-state index contributed by atoms with van der Waals surface area (Å²) in [6, 6.07) is 6.62. The van der Waals surface area contributed by atoms with Crippen molar-refractivity contribution in [2.24, 2.45) is 7.05 Å². The van der Waals surface area contributed by atoms with E-state index in [1.54, 1.807) is 18.5 Å². The van der Waals surface area contributed by atoms with E-state index in [9.17, 15) is 9.18 Å². The van der Waals surface area contributed by atoms with Crippen LogP contribution < -0.4 is 0 Å². The van der Waals surface area contributed by atoms with E-state index < -0.39 is 0 Å². The van der Waals surface area contributed by atoms with Gasteiger partial charge in [-0.05, 0) is 31.0 Å². The smallest absolute Gasteiger partial charge is 0.263 e. The molecule has 0 atom stereocenters. The minimum atomic E-state index is -0.274. The highest BCUT2D eigenvalue weighted by Crippen LogP contribution is 2.31. The van der Waals surface area contributed by atoms with Crippen LogP contribution in [0.25, 0.3) is 10.1 Å². The highest BCUT2D eigenvalue weighted by molar-refractivity contribution is 7.20. The van der Waals surface area contributed by atoms with Gasteiger partial charge in [-0.1, -0.05) is 6.07 Å². The van der Waals surface area contributed by atoms with Crippen LogP contribution in [0.2, 0.25) is 0 Å². The number of benzene rings is 1. The fourth-order valence-electron chi connectivity index (χ4n) is 3.29. The second-order valence-corrected chi connectivity index (χ2v) is 7.21. The van der Waals surface area contributed by atoms with Gasteiger partial charge >= 0.3 is 0 Å². The molecule has 1 fully saturated rings. The summed E-state index contributed by atoms with van der Waals surface area (Å²) >= 11 is 1.36. The molecular weight excluding hydrogens is 327 g/mol. The minimum absolute atomic E-state index is 0.00739. The molecule has 124 valence electrons. The topological polar surface area (TPSA) is 51.0 Å². The van der Waals surface area contributed by atoms with Crippen molar-refractivity contribution in [2.45, 2.75) is 18.8 Å². The zero-order valence-corrected chi connectivity index (χ0v) is 14.1. The number of carbonyl (C=O) groups excluding carboxylic acids is 1. The normalized spacial score (nSPS) is 16.0. The van der Waals surface area contributed by atoms with Crippen molar-refractivity contribution in [3.8, 4) is 0 Å². The Labute approximate surface area is 142 Å². The number of halogens is 1. The molecule has 5 nitrogen and oxygen atoms in total. The summed E-state index contributed by atoms with van der Waals surface area (Å²) in [4.78, 5) is 15.2. The van der Waals surface area contributed by atoms with Crippen LogP contribution in [0, 0.1) is 5.82 Å². The molecule has 0 radical (unpaired) electrons. The Kier molecular flexibility index (Phi) is 3.80. The Bertz CT molecular complexity index is 895. The van der Waals surface area contributed by atoms with Crippen molar-refractivity contribution in [1.82, 2.24) is 19.7 Å². The van der Waals surface area contributed by atoms with Crippen LogP contribution in [-0.2, 0) is 7.05 Å². The lowest BCUT2D eigenvalue weighted by Gasteiger charge is -2.31. The molecule has 1 saturated heterocycles. The maximum absolute atomic E-state index is 13.8. The number of aryl methyl sites for hydroxylation is 1. The Morgan fingerprint density at radius 3 is 2.79 bits per heavy atom. The van der Waals surface area contributed by atoms with Gasteiger partial charge in [0.05, 0.1) is 4.88 Å². The van der Waals surface area contributed by atoms with Gasteiger partial charge in [0, 0.05) is 36.1 Å². The molecule has 3 heterocycles. The van der Waals surface area contributed by atoms with Crippen LogP contribution in [0.3, 0.4) is 0 Å². The van der Waals surface area contributed by atoms with E-state index in [4.69, 9.17) is 0 Å². The van der Waals surface area contributed by atoms with Gasteiger partial charge in [-0.3, -0.25) is 4.79 Å². The maximum Gasteiger partial charge on any atom is 0.263 e. The van der Waals surface area contributed by atoms with E-state index >= 15 is 0 Å². The van der Waals surface area contributed by atoms with Crippen LogP contribution in [0.5, 0.6) is 0 Å². The summed E-state index contributed by atoms with van der Waals surface area (Å²) < 4.78 is 16.6. The molecule has 0 spiro atoms. The van der Waals surface area contributed by atoms with Crippen LogP contribution in [0.15, 0.2) is 30.6 Å². The van der Waals surface area contributed by atoms with Gasteiger partial charge in [-0.2, -0.15) is 0 Å². The third-order valence-electron chi connectivity index (χ3n) is 4.61. The predicted octanol–water partition coefficient (Wildman–Crippen LogP) is 3.19. The van der Waals surface area contributed by atoms with E-state index in [2.05, 4.69) is 10.2 Å². The van der Waals surface area contributed by atoms with Crippen molar-refractivity contribution in [3.05, 3.63) is 47.1 Å². The molecule has 1 amide bonds. The second kappa shape index (κ2) is 5.98. The van der Waals surface area contributed by atoms with Gasteiger partial charge in [0.25, 0.3) is 5.91 Å². The number of rotatable bonds is 2. The van der Waals surface area contributed by atoms with Gasteiger partial charge in [0.2, 0.25) is 0 Å². The van der Waals surface area contributed by atoms with Crippen molar-refractivity contribution < 1.29 is 9.18 Å². The van der Waals surface area contributed by atoms with Crippen LogP contribution in [0.4, 0.5) is 4.39 Å². The molecule has 0 bridgehead atoms. The van der Waals surface area contributed by atoms with Crippen LogP contribution >= 0.6 is 11.3 Å². The van der Waals surface area contributed by atoms with Crippen molar-refractivity contribution in [1.29, 1.82) is 0 Å². The summed E-state index contributed by atoms with van der Waals surface area (Å²) in [6.45, 7) is 1.38. The maximum atomic E-state index is 13.8. The average Bonchev–Trinajstić information content (AvgIpc) is 3.21. The van der Waals surface area contributed by atoms with E-state index in [0.29, 0.717) is 29.3 Å². The quantitative estimate of drug-likeness (QED) is 0.717. The van der Waals surface area contributed by atoms with Crippen molar-refractivity contribution in [2.75, 3.05) is 13.1 Å². The molecule has 1 aliphatic rings. The summed E-state index contributed by atoms with van der Waals surface area (Å²) in [5.41, 5.74) is 0. The first kappa shape index (κ1) is 15.3. The second-order valence-electron chi connectivity index (χ2n) is 6.13. The van der Waals surface area contributed by atoms with E-state index in [-0.39, 0.29) is 11.7 Å². The molecule has 4 rings (SSSR count). The minimum Gasteiger partial charge on any atom is -0.338 e. The summed E-state index contributed by atoms with van der Waals surface area (Å²) in [7, 11) is 1.94. The Morgan fingerprint density at radius 2 is 2.12 bits per heavy atom. The molecule has 0 aliphatic carbocycles. The fourth-order valence-corrected chi connectivity index (χ4v) is 4.33. The first-order valence-corrected chi connectivity index (χ1v) is 8.76. The van der Waals surface area contributed by atoms with Gasteiger partial charge in [-0.25, -0.2) is 4.39 Å². The number of carbonyl (C=O) groups is 1. The molecule has 0 saturated carbocycles. The number of piperidine rings is 1. The third kappa shape index (κ3) is 2.58. The van der Waals surface area contributed by atoms with Crippen LogP contribution in [-0.4, -0.2) is 38.7 Å². The summed E-state index contributed by atoms with van der Waals surface area (Å²) in [5, 5.41) is 8.63. The lowest BCUT2D eigenvalue weighted by molar-refractivity contribution is 0.0715. The summed E-state index contributed by atoms with van der Waals surface area (Å²) in [6.07, 6.45) is 3.45. The molecule has 7 heteroatoms. The van der Waals surface area contributed by atoms with Crippen molar-refractivity contribution >= 4 is 27.3 Å². The van der Waals surface area contributed by atoms with Gasteiger partial charge in [0.15, 0.2) is 0 Å². The molecule has 1 aliphatic heterocycles. The Hall–Kier alpha value is -2.28. The van der Waals surface area contributed by atoms with E-state index in [0.717, 1.165) is 23.4 Å². The van der Waals surface area contributed by atoms with Crippen molar-refractivity contribution in [3.63, 3.8) is 0 Å². The molecule has 2 aromatic heterocycles. The standard InChI is InChI=1S/C17H17FN4OS/c1-21-10-19-20-16(21)11-5-7-22(8-6-11)17(23)15-9-12-13(18)3-2-4-14(12)24-15/h2-4,9-11H,5-8H2,1H3. The highest BCUT2D eigenvalue weighted by atomic mass is 32.1. The number of nitrogens with zero attached hydrogens (tertiary/aromatic N) is 4. The lowest BCUT2D eigenvalue weighted by Crippen LogP contribution is -2.38. The van der Waals surface area contributed by atoms with Gasteiger partial charge in [0.1, 0.15) is 18.0 Å². The molecule has 0 N–H and O–H groups in total. The Morgan fingerprint density at radius 1 is 1.33 bits per heavy atom. The number of likely N-dealkylation sites (tertiary alicyclic amines) is 1. The third-order valence-corrected chi connectivity index (χ3v) is 5.70. The molecule has 0 unspecified atom stereocenters. The predicted molar refractivity (Wildman–Crippen MR) is 90.7 cm³/mol. The molecule has 3 aromatic rings. The number of hydrogen-bond acceptors (Lipinski definition) is 4. The lowest BCUT2D eigenvalue weighted by atomic mass is 9.96. The summed E-state index contributed by atoms with van der Waals surface area (Å²) in [5.74, 6) is 1.03. The molecule has 1 aromatic carbocycles.